The summed E-state index contributed by atoms with van der Waals surface area (Å²) in [5.41, 5.74) is 2.98. The van der Waals surface area contributed by atoms with Gasteiger partial charge in [-0.15, -0.1) is 0 Å². The molecule has 20 heavy (non-hydrogen) atoms. The summed E-state index contributed by atoms with van der Waals surface area (Å²) < 4.78 is 5.48. The molecule has 4 heteroatoms. The van der Waals surface area contributed by atoms with Crippen LogP contribution in [0.1, 0.15) is 11.1 Å². The predicted molar refractivity (Wildman–Crippen MR) is 82.8 cm³/mol. The van der Waals surface area contributed by atoms with Gasteiger partial charge in [0.1, 0.15) is 0 Å². The van der Waals surface area contributed by atoms with Crippen LogP contribution in [0.25, 0.3) is 17.0 Å². The fourth-order valence-corrected chi connectivity index (χ4v) is 2.01. The van der Waals surface area contributed by atoms with Gasteiger partial charge in [0.2, 0.25) is 5.56 Å². The maximum Gasteiger partial charge on any atom is 0.248 e. The van der Waals surface area contributed by atoms with Crippen molar-refractivity contribution in [1.29, 1.82) is 0 Å². The lowest BCUT2D eigenvalue weighted by atomic mass is 10.0. The third-order valence-electron chi connectivity index (χ3n) is 3.15. The van der Waals surface area contributed by atoms with E-state index in [0.29, 0.717) is 6.61 Å². The minimum Gasteiger partial charge on any atom is -0.500 e. The molecular weight excluding hydrogens is 252 g/mol. The van der Waals surface area contributed by atoms with E-state index in [4.69, 9.17) is 4.74 Å². The molecule has 1 heterocycles. The van der Waals surface area contributed by atoms with Crippen LogP contribution in [0.15, 0.2) is 35.3 Å². The molecule has 2 aromatic rings. The number of fused-ring (bicyclic) bond motifs is 1. The number of aromatic amines is 1. The average molecular weight is 272 g/mol. The van der Waals surface area contributed by atoms with Gasteiger partial charge in [0.25, 0.3) is 0 Å². The highest BCUT2D eigenvalue weighted by Gasteiger charge is 2.02. The van der Waals surface area contributed by atoms with Gasteiger partial charge in [0, 0.05) is 23.5 Å². The van der Waals surface area contributed by atoms with Crippen molar-refractivity contribution in [3.05, 3.63) is 52.0 Å². The Morgan fingerprint density at radius 2 is 2.05 bits per heavy atom. The second kappa shape index (κ2) is 6.39. The first-order valence-corrected chi connectivity index (χ1v) is 6.63. The first-order chi connectivity index (χ1) is 9.58. The van der Waals surface area contributed by atoms with Crippen LogP contribution < -0.4 is 5.56 Å². The van der Waals surface area contributed by atoms with Crippen molar-refractivity contribution >= 4 is 17.0 Å². The first-order valence-electron chi connectivity index (χ1n) is 6.63. The van der Waals surface area contributed by atoms with Crippen LogP contribution in [0.2, 0.25) is 0 Å². The third-order valence-corrected chi connectivity index (χ3v) is 3.15. The maximum atomic E-state index is 11.3. The van der Waals surface area contributed by atoms with Gasteiger partial charge >= 0.3 is 0 Å². The van der Waals surface area contributed by atoms with E-state index in [0.717, 1.165) is 28.6 Å². The van der Waals surface area contributed by atoms with Gasteiger partial charge in [-0.05, 0) is 50.4 Å². The van der Waals surface area contributed by atoms with Crippen molar-refractivity contribution in [3.63, 3.8) is 0 Å². The SMILES string of the molecule is Cc1ccc2[nH]c(=O)ccc2c1C=COCCN(C)C. The number of aromatic nitrogens is 1. The molecule has 1 aromatic heterocycles. The van der Waals surface area contributed by atoms with Gasteiger partial charge in [-0.1, -0.05) is 6.07 Å². The van der Waals surface area contributed by atoms with Crippen LogP contribution in [-0.2, 0) is 4.74 Å². The average Bonchev–Trinajstić information content (AvgIpc) is 2.40. The van der Waals surface area contributed by atoms with Crippen LogP contribution in [-0.4, -0.2) is 37.1 Å². The molecule has 4 nitrogen and oxygen atoms in total. The number of pyridine rings is 1. The summed E-state index contributed by atoms with van der Waals surface area (Å²) in [5, 5.41) is 1.03. The van der Waals surface area contributed by atoms with Crippen LogP contribution in [0, 0.1) is 6.92 Å². The fraction of sp³-hybridized carbons (Fsp3) is 0.312. The summed E-state index contributed by atoms with van der Waals surface area (Å²) in [6, 6.07) is 7.32. The molecule has 106 valence electrons. The standard InChI is InChI=1S/C16H20N2O2/c1-12-4-6-15-14(5-7-16(19)17-15)13(12)8-10-20-11-9-18(2)3/h4-8,10H,9,11H2,1-3H3,(H,17,19). The van der Waals surface area contributed by atoms with Crippen LogP contribution >= 0.6 is 0 Å². The summed E-state index contributed by atoms with van der Waals surface area (Å²) in [4.78, 5) is 16.2. The molecule has 0 unspecified atom stereocenters. The Morgan fingerprint density at radius 1 is 1.25 bits per heavy atom. The molecule has 0 aliphatic heterocycles. The largest absolute Gasteiger partial charge is 0.500 e. The minimum absolute atomic E-state index is 0.0847. The van der Waals surface area contributed by atoms with E-state index in [1.54, 1.807) is 12.3 Å². The van der Waals surface area contributed by atoms with Gasteiger partial charge in [-0.3, -0.25) is 4.79 Å². The molecule has 0 aliphatic carbocycles. The number of nitrogens with one attached hydrogen (secondary N) is 1. The Morgan fingerprint density at radius 3 is 2.80 bits per heavy atom. The number of ether oxygens (including phenoxy) is 1. The number of benzene rings is 1. The van der Waals surface area contributed by atoms with E-state index in [-0.39, 0.29) is 5.56 Å². The smallest absolute Gasteiger partial charge is 0.248 e. The van der Waals surface area contributed by atoms with Crippen molar-refractivity contribution in [2.45, 2.75) is 6.92 Å². The van der Waals surface area contributed by atoms with E-state index in [2.05, 4.69) is 9.88 Å². The molecular formula is C16H20N2O2. The molecule has 0 radical (unpaired) electrons. The molecule has 1 N–H and O–H groups in total. The Balaban J connectivity index is 2.22. The molecule has 0 spiro atoms. The number of H-pyrrole nitrogens is 1. The van der Waals surface area contributed by atoms with Crippen molar-refractivity contribution in [2.75, 3.05) is 27.2 Å². The molecule has 2 rings (SSSR count). The molecule has 0 fully saturated rings. The van der Waals surface area contributed by atoms with Crippen molar-refractivity contribution in [1.82, 2.24) is 9.88 Å². The second-order valence-corrected chi connectivity index (χ2v) is 5.06. The number of hydrogen-bond acceptors (Lipinski definition) is 3. The lowest BCUT2D eigenvalue weighted by Crippen LogP contribution is -2.16. The van der Waals surface area contributed by atoms with Gasteiger partial charge in [0.15, 0.2) is 0 Å². The third kappa shape index (κ3) is 3.48. The Labute approximate surface area is 118 Å². The zero-order valence-corrected chi connectivity index (χ0v) is 12.1. The summed E-state index contributed by atoms with van der Waals surface area (Å²) >= 11 is 0. The molecule has 1 aromatic carbocycles. The van der Waals surface area contributed by atoms with Crippen LogP contribution in [0.4, 0.5) is 0 Å². The molecule has 0 amide bonds. The van der Waals surface area contributed by atoms with Crippen molar-refractivity contribution in [3.8, 4) is 0 Å². The molecule has 0 saturated heterocycles. The van der Waals surface area contributed by atoms with E-state index >= 15 is 0 Å². The summed E-state index contributed by atoms with van der Waals surface area (Å²) in [7, 11) is 4.02. The molecule has 0 aliphatic rings. The maximum absolute atomic E-state index is 11.3. The molecule has 0 atom stereocenters. The minimum atomic E-state index is -0.0847. The zero-order valence-electron chi connectivity index (χ0n) is 12.1. The molecule has 0 saturated carbocycles. The van der Waals surface area contributed by atoms with Gasteiger partial charge in [0.05, 0.1) is 12.9 Å². The fourth-order valence-electron chi connectivity index (χ4n) is 2.01. The number of hydrogen-bond donors (Lipinski definition) is 1. The Hall–Kier alpha value is -2.07. The summed E-state index contributed by atoms with van der Waals surface area (Å²) in [5.74, 6) is 0. The Kier molecular flexibility index (Phi) is 4.58. The Bertz CT molecular complexity index is 672. The quantitative estimate of drug-likeness (QED) is 0.671. The van der Waals surface area contributed by atoms with E-state index in [9.17, 15) is 4.79 Å². The number of rotatable bonds is 5. The van der Waals surface area contributed by atoms with Crippen molar-refractivity contribution < 1.29 is 4.74 Å². The summed E-state index contributed by atoms with van der Waals surface area (Å²) in [6.45, 7) is 3.58. The molecule has 0 bridgehead atoms. The number of likely N-dealkylation sites (N-methyl/N-ethyl adjacent to an activating group) is 1. The number of nitrogens with zero attached hydrogens (tertiary/aromatic N) is 1. The van der Waals surface area contributed by atoms with E-state index in [1.807, 2.05) is 45.3 Å². The predicted octanol–water partition coefficient (Wildman–Crippen LogP) is 2.39. The van der Waals surface area contributed by atoms with Gasteiger partial charge < -0.3 is 14.6 Å². The van der Waals surface area contributed by atoms with Crippen molar-refractivity contribution in [2.24, 2.45) is 0 Å². The highest BCUT2D eigenvalue weighted by Crippen LogP contribution is 2.21. The highest BCUT2D eigenvalue weighted by molar-refractivity contribution is 5.89. The number of aryl methyl sites for hydroxylation is 1. The lowest BCUT2D eigenvalue weighted by Gasteiger charge is -2.09. The van der Waals surface area contributed by atoms with E-state index in [1.165, 1.54) is 0 Å². The van der Waals surface area contributed by atoms with Crippen LogP contribution in [0.5, 0.6) is 0 Å². The van der Waals surface area contributed by atoms with Crippen LogP contribution in [0.3, 0.4) is 0 Å². The second-order valence-electron chi connectivity index (χ2n) is 5.06. The summed E-state index contributed by atoms with van der Waals surface area (Å²) in [6.07, 6.45) is 3.67. The zero-order chi connectivity index (χ0) is 14.5. The van der Waals surface area contributed by atoms with E-state index < -0.39 is 0 Å². The monoisotopic (exact) mass is 272 g/mol. The van der Waals surface area contributed by atoms with Gasteiger partial charge in [-0.25, -0.2) is 0 Å². The topological polar surface area (TPSA) is 45.3 Å². The van der Waals surface area contributed by atoms with Gasteiger partial charge in [-0.2, -0.15) is 0 Å². The highest BCUT2D eigenvalue weighted by atomic mass is 16.5. The first kappa shape index (κ1) is 14.3. The lowest BCUT2D eigenvalue weighted by molar-refractivity contribution is 0.214. The normalized spacial score (nSPS) is 11.6.